The third-order valence-corrected chi connectivity index (χ3v) is 3.42. The Labute approximate surface area is 117 Å². The number of thioether (sulfide) groups is 1. The topological polar surface area (TPSA) is 87.0 Å². The number of guanidine groups is 1. The molecule has 0 amide bonds. The Bertz CT molecular complexity index is 483. The van der Waals surface area contributed by atoms with Gasteiger partial charge in [-0.2, -0.15) is 22.3 Å². The predicted molar refractivity (Wildman–Crippen MR) is 75.9 cm³/mol. The Hall–Kier alpha value is -1.94. The van der Waals surface area contributed by atoms with Gasteiger partial charge in [0.15, 0.2) is 0 Å². The summed E-state index contributed by atoms with van der Waals surface area (Å²) in [5.74, 6) is 2.83. The van der Waals surface area contributed by atoms with E-state index < -0.39 is 0 Å². The second-order valence-corrected chi connectivity index (χ2v) is 4.85. The molecular formula is C12H18N5OS+. The minimum Gasteiger partial charge on any atom is -0.495 e. The average molecular weight is 280 g/mol. The van der Waals surface area contributed by atoms with Crippen molar-refractivity contribution in [1.82, 2.24) is 10.3 Å². The van der Waals surface area contributed by atoms with Crippen LogP contribution in [-0.4, -0.2) is 42.0 Å². The predicted octanol–water partition coefficient (Wildman–Crippen LogP) is 0.351. The first-order valence-electron chi connectivity index (χ1n) is 5.73. The van der Waals surface area contributed by atoms with E-state index in [-0.39, 0.29) is 0 Å². The Balaban J connectivity index is 2.39. The van der Waals surface area contributed by atoms with Crippen LogP contribution >= 0.6 is 11.8 Å². The zero-order valence-corrected chi connectivity index (χ0v) is 11.9. The molecule has 0 atom stereocenters. The first-order chi connectivity index (χ1) is 9.19. The molecule has 0 aliphatic heterocycles. The second kappa shape index (κ2) is 8.21. The highest BCUT2D eigenvalue weighted by atomic mass is 32.2. The molecule has 102 valence electrons. The summed E-state index contributed by atoms with van der Waals surface area (Å²) in [5, 5.41) is 10.9. The summed E-state index contributed by atoms with van der Waals surface area (Å²) in [4.78, 5) is 4.29. The van der Waals surface area contributed by atoms with Gasteiger partial charge >= 0.3 is 5.96 Å². The number of ether oxygens (including phenoxy) is 1. The highest BCUT2D eigenvalue weighted by Crippen LogP contribution is 2.19. The molecule has 19 heavy (non-hydrogen) atoms. The minimum absolute atomic E-state index is 0.360. The molecule has 1 rings (SSSR count). The molecule has 1 heterocycles. The molecule has 0 radical (unpaired) electrons. The standard InChI is InChI=1S/C12H17N5OS/c1-17(12(14)16-9-13)6-7-19-8-10-11(18-2)4-3-5-15-10/h3-5H,6-8H2,1-2H3,(H2,14,16)/p+1. The molecular weight excluding hydrogens is 262 g/mol. The van der Waals surface area contributed by atoms with E-state index in [9.17, 15) is 0 Å². The van der Waals surface area contributed by atoms with Gasteiger partial charge in [-0.05, 0) is 12.1 Å². The van der Waals surface area contributed by atoms with Gasteiger partial charge in [0, 0.05) is 17.7 Å². The number of nitriles is 1. The Morgan fingerprint density at radius 1 is 1.68 bits per heavy atom. The Morgan fingerprint density at radius 3 is 3.16 bits per heavy atom. The van der Waals surface area contributed by atoms with Gasteiger partial charge in [0.1, 0.15) is 5.75 Å². The maximum Gasteiger partial charge on any atom is 0.357 e. The largest absolute Gasteiger partial charge is 0.495 e. The van der Waals surface area contributed by atoms with Crippen LogP contribution in [0.3, 0.4) is 0 Å². The van der Waals surface area contributed by atoms with E-state index in [1.807, 2.05) is 19.2 Å². The van der Waals surface area contributed by atoms with Gasteiger partial charge in [-0.1, -0.05) is 0 Å². The third-order valence-electron chi connectivity index (χ3n) is 2.47. The highest BCUT2D eigenvalue weighted by Gasteiger charge is 2.05. The van der Waals surface area contributed by atoms with Crippen LogP contribution in [0.4, 0.5) is 0 Å². The van der Waals surface area contributed by atoms with Crippen molar-refractivity contribution in [3.8, 4) is 11.9 Å². The lowest BCUT2D eigenvalue weighted by Crippen LogP contribution is -2.37. The van der Waals surface area contributed by atoms with Crippen LogP contribution in [0.2, 0.25) is 0 Å². The fourth-order valence-electron chi connectivity index (χ4n) is 1.36. The lowest BCUT2D eigenvalue weighted by molar-refractivity contribution is -0.494. The number of aromatic nitrogens is 1. The molecule has 1 aromatic heterocycles. The van der Waals surface area contributed by atoms with E-state index in [1.165, 1.54) is 0 Å². The number of methoxy groups -OCH3 is 1. The zero-order chi connectivity index (χ0) is 14.1. The van der Waals surface area contributed by atoms with Crippen molar-refractivity contribution in [2.45, 2.75) is 5.75 Å². The van der Waals surface area contributed by atoms with Crippen LogP contribution in [0.25, 0.3) is 0 Å². The summed E-state index contributed by atoms with van der Waals surface area (Å²) in [6.45, 7) is 0.750. The van der Waals surface area contributed by atoms with Crippen LogP contribution in [0.5, 0.6) is 5.75 Å². The molecule has 7 heteroatoms. The number of hydrogen-bond acceptors (Lipinski definition) is 4. The van der Waals surface area contributed by atoms with E-state index in [2.05, 4.69) is 10.3 Å². The van der Waals surface area contributed by atoms with Crippen molar-refractivity contribution >= 4 is 17.7 Å². The summed E-state index contributed by atoms with van der Waals surface area (Å²) in [6.07, 6.45) is 3.55. The highest BCUT2D eigenvalue weighted by molar-refractivity contribution is 7.98. The first-order valence-corrected chi connectivity index (χ1v) is 6.88. The number of pyridine rings is 1. The zero-order valence-electron chi connectivity index (χ0n) is 11.1. The number of nitrogens with zero attached hydrogens (tertiary/aromatic N) is 3. The fraction of sp³-hybridized carbons (Fsp3) is 0.417. The molecule has 0 saturated heterocycles. The molecule has 6 nitrogen and oxygen atoms in total. The van der Waals surface area contributed by atoms with Gasteiger partial charge in [-0.3, -0.25) is 15.3 Å². The molecule has 3 N–H and O–H groups in total. The summed E-state index contributed by atoms with van der Waals surface area (Å²) in [5.41, 5.74) is 6.57. The van der Waals surface area contributed by atoms with Gasteiger partial charge in [-0.15, -0.1) is 0 Å². The van der Waals surface area contributed by atoms with Gasteiger partial charge in [0.25, 0.3) is 6.19 Å². The molecule has 0 spiro atoms. The van der Waals surface area contributed by atoms with E-state index >= 15 is 0 Å². The molecule has 0 aliphatic rings. The van der Waals surface area contributed by atoms with Crippen molar-refractivity contribution in [3.63, 3.8) is 0 Å². The molecule has 0 fully saturated rings. The maximum atomic E-state index is 8.45. The molecule has 0 aromatic carbocycles. The smallest absolute Gasteiger partial charge is 0.357 e. The van der Waals surface area contributed by atoms with E-state index in [1.54, 1.807) is 35.8 Å². The van der Waals surface area contributed by atoms with Gasteiger partial charge < -0.3 is 4.74 Å². The van der Waals surface area contributed by atoms with Crippen LogP contribution in [0.15, 0.2) is 18.3 Å². The van der Waals surface area contributed by atoms with Gasteiger partial charge in [0.05, 0.1) is 26.4 Å². The van der Waals surface area contributed by atoms with Crippen molar-refractivity contribution in [2.24, 2.45) is 5.73 Å². The fourth-order valence-corrected chi connectivity index (χ4v) is 2.32. The summed E-state index contributed by atoms with van der Waals surface area (Å²) in [7, 11) is 3.48. The number of hydrogen-bond donors (Lipinski definition) is 2. The van der Waals surface area contributed by atoms with E-state index in [4.69, 9.17) is 15.7 Å². The van der Waals surface area contributed by atoms with Crippen LogP contribution in [0, 0.1) is 11.5 Å². The van der Waals surface area contributed by atoms with Gasteiger partial charge in [0.2, 0.25) is 0 Å². The summed E-state index contributed by atoms with van der Waals surface area (Å²) < 4.78 is 7.03. The molecule has 0 saturated carbocycles. The van der Waals surface area contributed by atoms with Crippen molar-refractivity contribution in [2.75, 3.05) is 26.5 Å². The van der Waals surface area contributed by atoms with Crippen LogP contribution < -0.4 is 15.8 Å². The Morgan fingerprint density at radius 2 is 2.47 bits per heavy atom. The number of nitrogens with one attached hydrogen (secondary N) is 1. The summed E-state index contributed by atoms with van der Waals surface area (Å²) in [6, 6.07) is 3.75. The molecule has 1 aromatic rings. The summed E-state index contributed by atoms with van der Waals surface area (Å²) >= 11 is 1.74. The van der Waals surface area contributed by atoms with Crippen molar-refractivity contribution < 1.29 is 9.31 Å². The number of rotatable bonds is 6. The normalized spacial score (nSPS) is 11.4. The quantitative estimate of drug-likeness (QED) is 0.195. The maximum absolute atomic E-state index is 8.45. The van der Waals surface area contributed by atoms with E-state index in [0.717, 1.165) is 29.5 Å². The lowest BCUT2D eigenvalue weighted by atomic mass is 10.3. The third kappa shape index (κ3) is 5.06. The molecule has 0 aliphatic carbocycles. The first kappa shape index (κ1) is 15.1. The lowest BCUT2D eigenvalue weighted by Gasteiger charge is -2.07. The minimum atomic E-state index is 0.360. The van der Waals surface area contributed by atoms with Crippen LogP contribution in [-0.2, 0) is 5.75 Å². The van der Waals surface area contributed by atoms with Crippen LogP contribution in [0.1, 0.15) is 5.69 Å². The second-order valence-electron chi connectivity index (χ2n) is 3.75. The monoisotopic (exact) mass is 280 g/mol. The Kier molecular flexibility index (Phi) is 6.53. The van der Waals surface area contributed by atoms with Crippen molar-refractivity contribution in [3.05, 3.63) is 24.0 Å². The van der Waals surface area contributed by atoms with Crippen molar-refractivity contribution in [1.29, 1.82) is 5.26 Å². The van der Waals surface area contributed by atoms with Gasteiger partial charge in [-0.25, -0.2) is 0 Å². The molecule has 0 unspecified atom stereocenters. The SMILES string of the molecule is COc1cccnc1CSCC[N+](C)=C(N)NC#N. The number of nitrogens with two attached hydrogens (primary N) is 1. The van der Waals surface area contributed by atoms with E-state index in [0.29, 0.717) is 5.96 Å². The molecule has 0 bridgehead atoms. The average Bonchev–Trinajstić information content (AvgIpc) is 2.44.